The van der Waals surface area contributed by atoms with Crippen LogP contribution in [0.2, 0.25) is 0 Å². The minimum atomic E-state index is -0.311. The summed E-state index contributed by atoms with van der Waals surface area (Å²) in [5.41, 5.74) is 0.805. The molecule has 0 unspecified atom stereocenters. The van der Waals surface area contributed by atoms with Gasteiger partial charge in [-0.1, -0.05) is 12.1 Å². The zero-order valence-corrected chi connectivity index (χ0v) is 12.5. The van der Waals surface area contributed by atoms with Crippen LogP contribution in [0.25, 0.3) is 0 Å². The number of benzene rings is 1. The minimum absolute atomic E-state index is 0.0639. The van der Waals surface area contributed by atoms with E-state index in [1.807, 2.05) is 0 Å². The van der Waals surface area contributed by atoms with Crippen LogP contribution >= 0.6 is 0 Å². The molecule has 1 aliphatic rings. The van der Waals surface area contributed by atoms with E-state index in [1.165, 1.54) is 12.1 Å². The van der Waals surface area contributed by atoms with Crippen molar-refractivity contribution < 1.29 is 18.7 Å². The van der Waals surface area contributed by atoms with Crippen molar-refractivity contribution in [3.63, 3.8) is 0 Å². The van der Waals surface area contributed by atoms with Gasteiger partial charge in [-0.15, -0.1) is 0 Å². The molecule has 6 heteroatoms. The fourth-order valence-electron chi connectivity index (χ4n) is 2.32. The van der Waals surface area contributed by atoms with Gasteiger partial charge >= 0.3 is 0 Å². The van der Waals surface area contributed by atoms with Crippen molar-refractivity contribution in [1.82, 2.24) is 10.2 Å². The third-order valence-corrected chi connectivity index (χ3v) is 3.57. The molecule has 120 valence electrons. The van der Waals surface area contributed by atoms with Crippen LogP contribution in [0.4, 0.5) is 4.39 Å². The molecule has 1 heterocycles. The molecule has 0 spiro atoms. The molecular weight excluding hydrogens is 287 g/mol. The number of rotatable bonds is 6. The van der Waals surface area contributed by atoms with Gasteiger partial charge in [0.2, 0.25) is 11.8 Å². The van der Waals surface area contributed by atoms with Gasteiger partial charge < -0.3 is 15.0 Å². The summed E-state index contributed by atoms with van der Waals surface area (Å²) in [6.45, 7) is 1.64. The number of carbonyl (C=O) groups is 2. The van der Waals surface area contributed by atoms with E-state index in [1.54, 1.807) is 17.0 Å². The molecule has 1 aliphatic heterocycles. The topological polar surface area (TPSA) is 58.6 Å². The number of ether oxygens (including phenoxy) is 1. The molecule has 0 aromatic heterocycles. The molecule has 1 fully saturated rings. The minimum Gasteiger partial charge on any atom is -0.362 e. The fraction of sp³-hybridized carbons (Fsp3) is 0.500. The van der Waals surface area contributed by atoms with Gasteiger partial charge in [0.1, 0.15) is 19.0 Å². The van der Waals surface area contributed by atoms with Gasteiger partial charge in [0.25, 0.3) is 0 Å². The molecule has 0 saturated carbocycles. The Balaban J connectivity index is 1.61. The average Bonchev–Trinajstić information content (AvgIpc) is 2.55. The Kier molecular flexibility index (Phi) is 6.33. The molecule has 1 aromatic rings. The standard InChI is InChI=1S/C16H21FN2O3/c17-14-6-4-13(5-7-14)10-18-15(20)11-22-12-16(21)19-8-2-1-3-9-19/h4-7H,1-3,8-12H2,(H,18,20). The number of likely N-dealkylation sites (tertiary alicyclic amines) is 1. The number of nitrogens with zero attached hydrogens (tertiary/aromatic N) is 1. The second kappa shape index (κ2) is 8.48. The van der Waals surface area contributed by atoms with E-state index >= 15 is 0 Å². The Hall–Kier alpha value is -1.95. The monoisotopic (exact) mass is 308 g/mol. The Morgan fingerprint density at radius 1 is 1.09 bits per heavy atom. The summed E-state index contributed by atoms with van der Waals surface area (Å²) in [4.78, 5) is 25.2. The maximum atomic E-state index is 12.7. The third-order valence-electron chi connectivity index (χ3n) is 3.57. The maximum Gasteiger partial charge on any atom is 0.248 e. The first-order valence-corrected chi connectivity index (χ1v) is 7.52. The van der Waals surface area contributed by atoms with Crippen molar-refractivity contribution in [1.29, 1.82) is 0 Å². The van der Waals surface area contributed by atoms with Crippen LogP contribution in [0.15, 0.2) is 24.3 Å². The van der Waals surface area contributed by atoms with Gasteiger partial charge in [0, 0.05) is 19.6 Å². The number of hydrogen-bond acceptors (Lipinski definition) is 3. The third kappa shape index (κ3) is 5.44. The van der Waals surface area contributed by atoms with Crippen LogP contribution in [0, 0.1) is 5.82 Å². The zero-order valence-electron chi connectivity index (χ0n) is 12.5. The number of hydrogen-bond donors (Lipinski definition) is 1. The Morgan fingerprint density at radius 2 is 1.77 bits per heavy atom. The van der Waals surface area contributed by atoms with Crippen molar-refractivity contribution in [3.8, 4) is 0 Å². The van der Waals surface area contributed by atoms with Crippen LogP contribution in [0.3, 0.4) is 0 Å². The second-order valence-corrected chi connectivity index (χ2v) is 5.34. The number of nitrogens with one attached hydrogen (secondary N) is 1. The number of piperidine rings is 1. The lowest BCUT2D eigenvalue weighted by atomic mass is 10.1. The van der Waals surface area contributed by atoms with Crippen molar-refractivity contribution in [2.24, 2.45) is 0 Å². The van der Waals surface area contributed by atoms with Crippen LogP contribution in [-0.4, -0.2) is 43.0 Å². The van der Waals surface area contributed by atoms with Crippen molar-refractivity contribution in [2.45, 2.75) is 25.8 Å². The highest BCUT2D eigenvalue weighted by molar-refractivity contribution is 5.79. The summed E-state index contributed by atoms with van der Waals surface area (Å²) >= 11 is 0. The Bertz CT molecular complexity index is 499. The average molecular weight is 308 g/mol. The molecule has 0 aliphatic carbocycles. The summed E-state index contributed by atoms with van der Waals surface area (Å²) in [6, 6.07) is 5.90. The SMILES string of the molecule is O=C(COCC(=O)N1CCCCC1)NCc1ccc(F)cc1. The summed E-state index contributed by atoms with van der Waals surface area (Å²) < 4.78 is 17.9. The van der Waals surface area contributed by atoms with Crippen LogP contribution in [-0.2, 0) is 20.9 Å². The Morgan fingerprint density at radius 3 is 2.45 bits per heavy atom. The molecule has 1 N–H and O–H groups in total. The maximum absolute atomic E-state index is 12.7. The van der Waals surface area contributed by atoms with Gasteiger partial charge in [0.05, 0.1) is 0 Å². The quantitative estimate of drug-likeness (QED) is 0.866. The van der Waals surface area contributed by atoms with Gasteiger partial charge in [-0.25, -0.2) is 4.39 Å². The van der Waals surface area contributed by atoms with Gasteiger partial charge in [-0.05, 0) is 37.0 Å². The van der Waals surface area contributed by atoms with Crippen LogP contribution in [0.5, 0.6) is 0 Å². The summed E-state index contributed by atoms with van der Waals surface area (Å²) in [7, 11) is 0. The number of amides is 2. The van der Waals surface area contributed by atoms with E-state index in [9.17, 15) is 14.0 Å². The van der Waals surface area contributed by atoms with Crippen molar-refractivity contribution in [2.75, 3.05) is 26.3 Å². The first-order chi connectivity index (χ1) is 10.6. The second-order valence-electron chi connectivity index (χ2n) is 5.34. The molecule has 2 rings (SSSR count). The first kappa shape index (κ1) is 16.4. The first-order valence-electron chi connectivity index (χ1n) is 7.52. The molecule has 22 heavy (non-hydrogen) atoms. The predicted octanol–water partition coefficient (Wildman–Crippen LogP) is 1.47. The normalized spacial score (nSPS) is 14.7. The largest absolute Gasteiger partial charge is 0.362 e. The van der Waals surface area contributed by atoms with E-state index in [2.05, 4.69) is 5.32 Å². The molecule has 2 amide bonds. The lowest BCUT2D eigenvalue weighted by Crippen LogP contribution is -2.38. The number of halogens is 1. The molecule has 5 nitrogen and oxygen atoms in total. The lowest BCUT2D eigenvalue weighted by Gasteiger charge is -2.26. The van der Waals surface area contributed by atoms with E-state index in [0.29, 0.717) is 6.54 Å². The van der Waals surface area contributed by atoms with Crippen molar-refractivity contribution >= 4 is 11.8 Å². The molecule has 0 radical (unpaired) electrons. The molecular formula is C16H21FN2O3. The molecule has 1 aromatic carbocycles. The van der Waals surface area contributed by atoms with E-state index in [0.717, 1.165) is 37.9 Å². The van der Waals surface area contributed by atoms with Crippen LogP contribution < -0.4 is 5.32 Å². The van der Waals surface area contributed by atoms with E-state index in [4.69, 9.17) is 4.74 Å². The summed E-state index contributed by atoms with van der Waals surface area (Å²) in [6.07, 6.45) is 3.23. The fourth-order valence-corrected chi connectivity index (χ4v) is 2.32. The predicted molar refractivity (Wildman–Crippen MR) is 79.5 cm³/mol. The van der Waals surface area contributed by atoms with Crippen LogP contribution in [0.1, 0.15) is 24.8 Å². The highest BCUT2D eigenvalue weighted by Gasteiger charge is 2.16. The molecule has 1 saturated heterocycles. The summed E-state index contributed by atoms with van der Waals surface area (Å²) in [5, 5.41) is 2.66. The van der Waals surface area contributed by atoms with Gasteiger partial charge in [-0.2, -0.15) is 0 Å². The smallest absolute Gasteiger partial charge is 0.248 e. The van der Waals surface area contributed by atoms with Gasteiger partial charge in [-0.3, -0.25) is 9.59 Å². The van der Waals surface area contributed by atoms with E-state index < -0.39 is 0 Å². The molecule has 0 bridgehead atoms. The number of carbonyl (C=O) groups excluding carboxylic acids is 2. The zero-order chi connectivity index (χ0) is 15.8. The van der Waals surface area contributed by atoms with Gasteiger partial charge in [0.15, 0.2) is 0 Å². The Labute approximate surface area is 129 Å². The highest BCUT2D eigenvalue weighted by Crippen LogP contribution is 2.08. The van der Waals surface area contributed by atoms with Crippen molar-refractivity contribution in [3.05, 3.63) is 35.6 Å². The molecule has 0 atom stereocenters. The highest BCUT2D eigenvalue weighted by atomic mass is 19.1. The summed E-state index contributed by atoms with van der Waals surface area (Å²) in [5.74, 6) is -0.670. The van der Waals surface area contributed by atoms with E-state index in [-0.39, 0.29) is 30.8 Å². The lowest BCUT2D eigenvalue weighted by molar-refractivity contribution is -0.139.